The fourth-order valence-electron chi connectivity index (χ4n) is 3.34. The number of piperidine rings is 1. The van der Waals surface area contributed by atoms with Gasteiger partial charge in [-0.15, -0.1) is 0 Å². The van der Waals surface area contributed by atoms with Crippen LogP contribution >= 0.6 is 0 Å². The summed E-state index contributed by atoms with van der Waals surface area (Å²) in [6.07, 6.45) is 4.35. The number of aryl methyl sites for hydroxylation is 1. The number of para-hydroxylation sites is 1. The lowest BCUT2D eigenvalue weighted by molar-refractivity contribution is 0.373. The first-order chi connectivity index (χ1) is 9.84. The van der Waals surface area contributed by atoms with Crippen molar-refractivity contribution in [1.29, 1.82) is 0 Å². The Kier molecular flexibility index (Phi) is 2.70. The highest BCUT2D eigenvalue weighted by Gasteiger charge is 2.20. The van der Waals surface area contributed by atoms with Crippen molar-refractivity contribution in [2.75, 3.05) is 13.1 Å². The van der Waals surface area contributed by atoms with Gasteiger partial charge in [-0.25, -0.2) is 4.98 Å². The molecular formula is C16H18N4. The van der Waals surface area contributed by atoms with Crippen LogP contribution in [0, 0.1) is 6.92 Å². The number of fused-ring (bicyclic) bond motifs is 3. The first kappa shape index (κ1) is 11.9. The molecule has 0 unspecified atom stereocenters. The minimum atomic E-state index is 0.500. The van der Waals surface area contributed by atoms with Gasteiger partial charge >= 0.3 is 0 Å². The summed E-state index contributed by atoms with van der Waals surface area (Å²) in [5.74, 6) is 1.09. The third-order valence-corrected chi connectivity index (χ3v) is 4.24. The Hall–Kier alpha value is -1.94. The lowest BCUT2D eigenvalue weighted by atomic mass is 10.1. The third kappa shape index (κ3) is 1.72. The Bertz CT molecular complexity index is 769. The van der Waals surface area contributed by atoms with Gasteiger partial charge in [-0.05, 0) is 32.4 Å². The van der Waals surface area contributed by atoms with E-state index in [1.54, 1.807) is 0 Å². The van der Waals surface area contributed by atoms with E-state index in [1.165, 1.54) is 23.7 Å². The molecule has 1 aliphatic heterocycles. The zero-order chi connectivity index (χ0) is 13.5. The van der Waals surface area contributed by atoms with E-state index in [4.69, 9.17) is 4.98 Å². The smallest absolute Gasteiger partial charge is 0.108 e. The molecule has 2 aromatic heterocycles. The maximum Gasteiger partial charge on any atom is 0.108 e. The summed E-state index contributed by atoms with van der Waals surface area (Å²) in [4.78, 5) is 9.23. The van der Waals surface area contributed by atoms with Gasteiger partial charge in [0.25, 0.3) is 0 Å². The van der Waals surface area contributed by atoms with Crippen molar-refractivity contribution in [2.24, 2.45) is 0 Å². The Morgan fingerprint density at radius 3 is 3.00 bits per heavy atom. The second-order valence-electron chi connectivity index (χ2n) is 5.54. The summed E-state index contributed by atoms with van der Waals surface area (Å²) in [7, 11) is 0. The van der Waals surface area contributed by atoms with Gasteiger partial charge in [0.15, 0.2) is 0 Å². The highest BCUT2D eigenvalue weighted by atomic mass is 15.1. The lowest BCUT2D eigenvalue weighted by Gasteiger charge is -2.26. The number of pyridine rings is 1. The molecule has 1 aliphatic rings. The molecule has 0 amide bonds. The van der Waals surface area contributed by atoms with Crippen LogP contribution in [-0.4, -0.2) is 27.6 Å². The number of hydrogen-bond donors (Lipinski definition) is 1. The Balaban J connectivity index is 2.03. The zero-order valence-electron chi connectivity index (χ0n) is 11.6. The largest absolute Gasteiger partial charge is 0.323 e. The lowest BCUT2D eigenvalue weighted by Crippen LogP contribution is -2.32. The van der Waals surface area contributed by atoms with Crippen LogP contribution in [0.15, 0.2) is 30.5 Å². The molecule has 0 spiro atoms. The van der Waals surface area contributed by atoms with Gasteiger partial charge in [-0.2, -0.15) is 0 Å². The van der Waals surface area contributed by atoms with Gasteiger partial charge in [-0.1, -0.05) is 18.2 Å². The van der Waals surface area contributed by atoms with Crippen LogP contribution in [0.4, 0.5) is 0 Å². The van der Waals surface area contributed by atoms with E-state index >= 15 is 0 Å². The van der Waals surface area contributed by atoms with Crippen LogP contribution < -0.4 is 5.32 Å². The second kappa shape index (κ2) is 4.56. The molecule has 1 saturated heterocycles. The van der Waals surface area contributed by atoms with Gasteiger partial charge in [0.05, 0.1) is 17.2 Å². The van der Waals surface area contributed by atoms with Crippen LogP contribution in [-0.2, 0) is 0 Å². The average Bonchev–Trinajstić information content (AvgIpc) is 2.84. The summed E-state index contributed by atoms with van der Waals surface area (Å²) in [6.45, 7) is 4.26. The molecular weight excluding hydrogens is 248 g/mol. The number of aromatic nitrogens is 3. The van der Waals surface area contributed by atoms with Crippen molar-refractivity contribution in [1.82, 2.24) is 19.9 Å². The molecule has 0 radical (unpaired) electrons. The molecule has 0 bridgehead atoms. The predicted octanol–water partition coefficient (Wildman–Crippen LogP) is 2.82. The SMILES string of the molecule is Cc1nc2cnc3ccccc3c2n1[C@@H]1CCCNC1. The Morgan fingerprint density at radius 1 is 1.25 bits per heavy atom. The molecule has 0 saturated carbocycles. The number of rotatable bonds is 1. The van der Waals surface area contributed by atoms with Crippen LogP contribution in [0.2, 0.25) is 0 Å². The van der Waals surface area contributed by atoms with Crippen LogP contribution in [0.25, 0.3) is 21.9 Å². The quantitative estimate of drug-likeness (QED) is 0.736. The highest BCUT2D eigenvalue weighted by molar-refractivity contribution is 6.02. The van der Waals surface area contributed by atoms with Gasteiger partial charge in [0.1, 0.15) is 11.3 Å². The normalized spacial score (nSPS) is 19.8. The van der Waals surface area contributed by atoms with E-state index in [1.807, 2.05) is 12.3 Å². The summed E-state index contributed by atoms with van der Waals surface area (Å²) in [6, 6.07) is 8.84. The summed E-state index contributed by atoms with van der Waals surface area (Å²) < 4.78 is 2.41. The number of benzene rings is 1. The number of hydrogen-bond acceptors (Lipinski definition) is 3. The molecule has 0 aliphatic carbocycles. The van der Waals surface area contributed by atoms with E-state index in [2.05, 4.69) is 40.0 Å². The topological polar surface area (TPSA) is 42.7 Å². The highest BCUT2D eigenvalue weighted by Crippen LogP contribution is 2.29. The van der Waals surface area contributed by atoms with Crippen molar-refractivity contribution in [3.05, 3.63) is 36.3 Å². The number of nitrogens with one attached hydrogen (secondary N) is 1. The van der Waals surface area contributed by atoms with E-state index in [9.17, 15) is 0 Å². The number of nitrogens with zero attached hydrogens (tertiary/aromatic N) is 3. The maximum absolute atomic E-state index is 4.71. The van der Waals surface area contributed by atoms with Gasteiger partial charge < -0.3 is 9.88 Å². The molecule has 3 heterocycles. The van der Waals surface area contributed by atoms with E-state index in [0.29, 0.717) is 6.04 Å². The molecule has 4 nitrogen and oxygen atoms in total. The van der Waals surface area contributed by atoms with E-state index < -0.39 is 0 Å². The first-order valence-corrected chi connectivity index (χ1v) is 7.27. The molecule has 1 aromatic carbocycles. The summed E-state index contributed by atoms with van der Waals surface area (Å²) >= 11 is 0. The molecule has 1 fully saturated rings. The maximum atomic E-state index is 4.71. The summed E-state index contributed by atoms with van der Waals surface area (Å²) in [5.41, 5.74) is 3.29. The van der Waals surface area contributed by atoms with E-state index in [0.717, 1.165) is 29.9 Å². The van der Waals surface area contributed by atoms with Gasteiger partial charge in [-0.3, -0.25) is 4.98 Å². The first-order valence-electron chi connectivity index (χ1n) is 7.27. The van der Waals surface area contributed by atoms with Gasteiger partial charge in [0, 0.05) is 18.0 Å². The Labute approximate surface area is 117 Å². The van der Waals surface area contributed by atoms with Crippen molar-refractivity contribution in [3.63, 3.8) is 0 Å². The average molecular weight is 266 g/mol. The minimum absolute atomic E-state index is 0.500. The van der Waals surface area contributed by atoms with Crippen molar-refractivity contribution in [2.45, 2.75) is 25.8 Å². The molecule has 3 aromatic rings. The monoisotopic (exact) mass is 266 g/mol. The second-order valence-corrected chi connectivity index (χ2v) is 5.54. The predicted molar refractivity (Wildman–Crippen MR) is 80.9 cm³/mol. The number of imidazole rings is 1. The van der Waals surface area contributed by atoms with Gasteiger partial charge in [0.2, 0.25) is 0 Å². The molecule has 20 heavy (non-hydrogen) atoms. The fraction of sp³-hybridized carbons (Fsp3) is 0.375. The standard InChI is InChI=1S/C16H18N4/c1-11-19-15-10-18-14-7-3-2-6-13(14)16(15)20(11)12-5-4-8-17-9-12/h2-3,6-7,10,12,17H,4-5,8-9H2,1H3/t12-/m1/s1. The van der Waals surface area contributed by atoms with Crippen molar-refractivity contribution < 1.29 is 0 Å². The molecule has 1 N–H and O–H groups in total. The molecule has 102 valence electrons. The fourth-order valence-corrected chi connectivity index (χ4v) is 3.34. The summed E-state index contributed by atoms with van der Waals surface area (Å²) in [5, 5.41) is 4.70. The van der Waals surface area contributed by atoms with Crippen LogP contribution in [0.3, 0.4) is 0 Å². The van der Waals surface area contributed by atoms with E-state index in [-0.39, 0.29) is 0 Å². The Morgan fingerprint density at radius 2 is 2.15 bits per heavy atom. The zero-order valence-corrected chi connectivity index (χ0v) is 11.6. The third-order valence-electron chi connectivity index (χ3n) is 4.24. The van der Waals surface area contributed by atoms with Crippen molar-refractivity contribution in [3.8, 4) is 0 Å². The minimum Gasteiger partial charge on any atom is -0.323 e. The molecule has 4 rings (SSSR count). The molecule has 1 atom stereocenters. The molecule has 4 heteroatoms. The van der Waals surface area contributed by atoms with Crippen LogP contribution in [0.5, 0.6) is 0 Å². The van der Waals surface area contributed by atoms with Crippen molar-refractivity contribution >= 4 is 21.9 Å². The van der Waals surface area contributed by atoms with Crippen LogP contribution in [0.1, 0.15) is 24.7 Å².